The number of hydrogen-bond donors (Lipinski definition) is 1. The molecule has 2 rings (SSSR count). The van der Waals surface area contributed by atoms with Gasteiger partial charge in [0.05, 0.1) is 0 Å². The lowest BCUT2D eigenvalue weighted by Crippen LogP contribution is -2.40. The van der Waals surface area contributed by atoms with Crippen LogP contribution in [0.15, 0.2) is 0 Å². The molecule has 2 aliphatic carbocycles. The first kappa shape index (κ1) is 11.4. The summed E-state index contributed by atoms with van der Waals surface area (Å²) in [6, 6.07) is 0.808. The molecular formula is C14H27N. The van der Waals surface area contributed by atoms with Crippen LogP contribution in [0.2, 0.25) is 0 Å². The lowest BCUT2D eigenvalue weighted by Gasteiger charge is -2.31. The number of nitrogens with one attached hydrogen (secondary N) is 1. The van der Waals surface area contributed by atoms with E-state index < -0.39 is 0 Å². The van der Waals surface area contributed by atoms with E-state index in [1.807, 2.05) is 0 Å². The Morgan fingerprint density at radius 2 is 1.80 bits per heavy atom. The fourth-order valence-corrected chi connectivity index (χ4v) is 3.76. The maximum atomic E-state index is 3.75. The average molecular weight is 209 g/mol. The highest BCUT2D eigenvalue weighted by molar-refractivity contribution is 5.00. The van der Waals surface area contributed by atoms with E-state index in [1.165, 1.54) is 25.7 Å². The smallest absolute Gasteiger partial charge is 0.0121 e. The summed E-state index contributed by atoms with van der Waals surface area (Å²) in [6.07, 6.45) is 7.33. The lowest BCUT2D eigenvalue weighted by atomic mass is 9.84. The van der Waals surface area contributed by atoms with E-state index >= 15 is 0 Å². The van der Waals surface area contributed by atoms with Crippen LogP contribution in [-0.4, -0.2) is 12.6 Å². The minimum atomic E-state index is 0.808. The van der Waals surface area contributed by atoms with E-state index in [0.29, 0.717) is 0 Å². The standard InChI is InChI=1S/C14H27N/c1-4-6-10(3)14(15-5-2)13-8-11-7-12(11)9-13/h10-15H,4-9H2,1-3H3. The van der Waals surface area contributed by atoms with Crippen molar-refractivity contribution in [2.45, 2.75) is 58.9 Å². The molecule has 2 aliphatic rings. The van der Waals surface area contributed by atoms with Crippen molar-refractivity contribution in [3.8, 4) is 0 Å². The van der Waals surface area contributed by atoms with Crippen LogP contribution in [0.5, 0.6) is 0 Å². The van der Waals surface area contributed by atoms with Crippen molar-refractivity contribution in [2.24, 2.45) is 23.7 Å². The zero-order valence-corrected chi connectivity index (χ0v) is 10.6. The second-order valence-corrected chi connectivity index (χ2v) is 5.84. The molecular weight excluding hydrogens is 182 g/mol. The average Bonchev–Trinajstić information content (AvgIpc) is 2.83. The van der Waals surface area contributed by atoms with Crippen molar-refractivity contribution in [3.05, 3.63) is 0 Å². The van der Waals surface area contributed by atoms with Crippen molar-refractivity contribution in [2.75, 3.05) is 6.54 Å². The summed E-state index contributed by atoms with van der Waals surface area (Å²) in [7, 11) is 0. The van der Waals surface area contributed by atoms with Gasteiger partial charge in [-0.15, -0.1) is 0 Å². The molecule has 0 aliphatic heterocycles. The molecule has 0 saturated heterocycles. The summed E-state index contributed by atoms with van der Waals surface area (Å²) in [5.74, 6) is 4.13. The molecule has 0 bridgehead atoms. The number of rotatable bonds is 6. The summed E-state index contributed by atoms with van der Waals surface area (Å²) in [5.41, 5.74) is 0. The molecule has 2 fully saturated rings. The summed E-state index contributed by atoms with van der Waals surface area (Å²) in [5, 5.41) is 3.75. The van der Waals surface area contributed by atoms with Gasteiger partial charge in [0.1, 0.15) is 0 Å². The van der Waals surface area contributed by atoms with Crippen molar-refractivity contribution in [1.29, 1.82) is 0 Å². The second-order valence-electron chi connectivity index (χ2n) is 5.84. The third kappa shape index (κ3) is 2.55. The van der Waals surface area contributed by atoms with Gasteiger partial charge in [0.2, 0.25) is 0 Å². The first-order chi connectivity index (χ1) is 7.26. The normalized spacial score (nSPS) is 37.4. The Morgan fingerprint density at radius 3 is 2.33 bits per heavy atom. The summed E-state index contributed by atoms with van der Waals surface area (Å²) in [6.45, 7) is 8.15. The van der Waals surface area contributed by atoms with Crippen LogP contribution in [-0.2, 0) is 0 Å². The maximum absolute atomic E-state index is 3.75. The van der Waals surface area contributed by atoms with Crippen molar-refractivity contribution >= 4 is 0 Å². The molecule has 0 aromatic carbocycles. The zero-order valence-electron chi connectivity index (χ0n) is 10.6. The van der Waals surface area contributed by atoms with Crippen molar-refractivity contribution in [3.63, 3.8) is 0 Å². The van der Waals surface area contributed by atoms with Crippen LogP contribution >= 0.6 is 0 Å². The molecule has 0 aromatic rings. The van der Waals surface area contributed by atoms with Gasteiger partial charge in [-0.05, 0) is 55.9 Å². The van der Waals surface area contributed by atoms with E-state index in [0.717, 1.165) is 36.3 Å². The van der Waals surface area contributed by atoms with Crippen LogP contribution in [0.3, 0.4) is 0 Å². The third-order valence-corrected chi connectivity index (χ3v) is 4.58. The fraction of sp³-hybridized carbons (Fsp3) is 1.00. The summed E-state index contributed by atoms with van der Waals surface area (Å²) < 4.78 is 0. The van der Waals surface area contributed by atoms with E-state index in [1.54, 1.807) is 6.42 Å². The van der Waals surface area contributed by atoms with Gasteiger partial charge >= 0.3 is 0 Å². The van der Waals surface area contributed by atoms with Gasteiger partial charge < -0.3 is 5.32 Å². The van der Waals surface area contributed by atoms with Crippen molar-refractivity contribution < 1.29 is 0 Å². The maximum Gasteiger partial charge on any atom is 0.0121 e. The first-order valence-electron chi connectivity index (χ1n) is 6.99. The quantitative estimate of drug-likeness (QED) is 0.706. The lowest BCUT2D eigenvalue weighted by molar-refractivity contribution is 0.250. The molecule has 2 saturated carbocycles. The Kier molecular flexibility index (Phi) is 3.71. The van der Waals surface area contributed by atoms with Gasteiger partial charge in [0.15, 0.2) is 0 Å². The molecule has 1 heteroatoms. The Balaban J connectivity index is 1.86. The Hall–Kier alpha value is -0.0400. The predicted octanol–water partition coefficient (Wildman–Crippen LogP) is 3.45. The van der Waals surface area contributed by atoms with Crippen LogP contribution in [0.1, 0.15) is 52.9 Å². The molecule has 0 aromatic heterocycles. The van der Waals surface area contributed by atoms with Crippen molar-refractivity contribution in [1.82, 2.24) is 5.32 Å². The Labute approximate surface area is 95.0 Å². The molecule has 0 heterocycles. The van der Waals surface area contributed by atoms with E-state index in [-0.39, 0.29) is 0 Å². The third-order valence-electron chi connectivity index (χ3n) is 4.58. The van der Waals surface area contributed by atoms with Gasteiger partial charge in [-0.2, -0.15) is 0 Å². The molecule has 0 spiro atoms. The van der Waals surface area contributed by atoms with E-state index in [4.69, 9.17) is 0 Å². The Morgan fingerprint density at radius 1 is 1.13 bits per heavy atom. The molecule has 4 unspecified atom stereocenters. The molecule has 0 radical (unpaired) electrons. The minimum Gasteiger partial charge on any atom is -0.314 e. The van der Waals surface area contributed by atoms with Gasteiger partial charge in [-0.1, -0.05) is 27.2 Å². The largest absolute Gasteiger partial charge is 0.314 e. The highest BCUT2D eigenvalue weighted by atomic mass is 14.9. The van der Waals surface area contributed by atoms with Gasteiger partial charge in [0.25, 0.3) is 0 Å². The number of hydrogen-bond acceptors (Lipinski definition) is 1. The molecule has 88 valence electrons. The van der Waals surface area contributed by atoms with Gasteiger partial charge in [0, 0.05) is 6.04 Å². The summed E-state index contributed by atoms with van der Waals surface area (Å²) in [4.78, 5) is 0. The van der Waals surface area contributed by atoms with Gasteiger partial charge in [-0.25, -0.2) is 0 Å². The van der Waals surface area contributed by atoms with Crippen LogP contribution in [0.4, 0.5) is 0 Å². The SMILES string of the molecule is CCCC(C)C(NCC)C1CC2CC2C1. The van der Waals surface area contributed by atoms with Crippen LogP contribution in [0.25, 0.3) is 0 Å². The topological polar surface area (TPSA) is 12.0 Å². The fourth-order valence-electron chi connectivity index (χ4n) is 3.76. The molecule has 1 nitrogen and oxygen atoms in total. The Bertz CT molecular complexity index is 192. The highest BCUT2D eigenvalue weighted by Crippen LogP contribution is 2.55. The monoisotopic (exact) mass is 209 g/mol. The molecule has 0 amide bonds. The predicted molar refractivity (Wildman–Crippen MR) is 65.9 cm³/mol. The van der Waals surface area contributed by atoms with Crippen LogP contribution < -0.4 is 5.32 Å². The molecule has 1 N–H and O–H groups in total. The molecule has 4 atom stereocenters. The highest BCUT2D eigenvalue weighted by Gasteiger charge is 2.48. The zero-order chi connectivity index (χ0) is 10.8. The van der Waals surface area contributed by atoms with E-state index in [9.17, 15) is 0 Å². The number of fused-ring (bicyclic) bond motifs is 1. The van der Waals surface area contributed by atoms with E-state index in [2.05, 4.69) is 26.1 Å². The second kappa shape index (κ2) is 4.86. The van der Waals surface area contributed by atoms with Crippen LogP contribution in [0, 0.1) is 23.7 Å². The first-order valence-corrected chi connectivity index (χ1v) is 6.99. The minimum absolute atomic E-state index is 0.808. The summed E-state index contributed by atoms with van der Waals surface area (Å²) >= 11 is 0. The molecule has 15 heavy (non-hydrogen) atoms. The van der Waals surface area contributed by atoms with Gasteiger partial charge in [-0.3, -0.25) is 0 Å².